The number of hydrogen-bond donors (Lipinski definition) is 0. The van der Waals surface area contributed by atoms with Gasteiger partial charge in [-0.2, -0.15) is 0 Å². The van der Waals surface area contributed by atoms with Crippen molar-refractivity contribution >= 4 is 44.9 Å². The van der Waals surface area contributed by atoms with Gasteiger partial charge in [-0.25, -0.2) is 0 Å². The number of aryl methyl sites for hydroxylation is 2. The zero-order valence-electron chi connectivity index (χ0n) is 17.0. The summed E-state index contributed by atoms with van der Waals surface area (Å²) in [6, 6.07) is 26.8. The molecule has 4 aromatic rings. The largest absolute Gasteiger partial charge is 0.341 e. The summed E-state index contributed by atoms with van der Waals surface area (Å²) in [5.41, 5.74) is 10.2. The summed E-state index contributed by atoms with van der Waals surface area (Å²) in [6.45, 7) is 5.18. The topological polar surface area (TPSA) is 9.72 Å². The van der Waals surface area contributed by atoms with Gasteiger partial charge in [0.15, 0.2) is 0 Å². The number of fused-ring (bicyclic) bond motifs is 3. The first-order valence-electron chi connectivity index (χ1n) is 10.1. The first-order chi connectivity index (χ1) is 14.1. The molecule has 0 radical (unpaired) electrons. The maximum absolute atomic E-state index is 2.48. The van der Waals surface area contributed by atoms with Crippen LogP contribution in [0.1, 0.15) is 11.1 Å². The van der Waals surface area contributed by atoms with E-state index in [2.05, 4.69) is 108 Å². The average Bonchev–Trinajstić information content (AvgIpc) is 3.11. The molecular formula is C26H23N3. The Morgan fingerprint density at radius 3 is 2.00 bits per heavy atom. The summed E-state index contributed by atoms with van der Waals surface area (Å²) in [4.78, 5) is 7.25. The molecule has 0 aliphatic carbocycles. The van der Waals surface area contributed by atoms with Crippen LogP contribution >= 0.6 is 0 Å². The lowest BCUT2D eigenvalue weighted by Gasteiger charge is -2.35. The third-order valence-electron chi connectivity index (χ3n) is 6.21. The Balaban J connectivity index is 1.58. The molecule has 6 rings (SSSR count). The van der Waals surface area contributed by atoms with E-state index in [4.69, 9.17) is 0 Å². The smallest absolute Gasteiger partial charge is 0.100 e. The van der Waals surface area contributed by atoms with Crippen molar-refractivity contribution in [2.45, 2.75) is 13.8 Å². The molecule has 2 heterocycles. The minimum atomic E-state index is 0.828. The lowest BCUT2D eigenvalue weighted by Crippen LogP contribution is -2.28. The minimum absolute atomic E-state index is 0.828. The standard InChI is InChI=1S/C26H23N3/c1-17-11-18(2)13-21(12-17)28-16-29-25-15-20-8-5-4-7-19(20)14-24(25)27(3)22-9-6-10-23(28)26(22)29/h4-15H,16H2,1-3H3. The lowest BCUT2D eigenvalue weighted by atomic mass is 10.0. The van der Waals surface area contributed by atoms with Crippen molar-refractivity contribution in [3.05, 3.63) is 83.9 Å². The van der Waals surface area contributed by atoms with Gasteiger partial charge in [0.1, 0.15) is 6.67 Å². The normalized spacial score (nSPS) is 14.4. The fourth-order valence-electron chi connectivity index (χ4n) is 4.93. The second kappa shape index (κ2) is 5.77. The second-order valence-corrected chi connectivity index (χ2v) is 8.24. The highest BCUT2D eigenvalue weighted by Crippen LogP contribution is 2.56. The third-order valence-corrected chi connectivity index (χ3v) is 6.21. The number of rotatable bonds is 1. The molecule has 2 aliphatic rings. The van der Waals surface area contributed by atoms with Gasteiger partial charge in [0.2, 0.25) is 0 Å². The van der Waals surface area contributed by atoms with Gasteiger partial charge in [-0.3, -0.25) is 0 Å². The molecule has 3 heteroatoms. The Morgan fingerprint density at radius 2 is 1.28 bits per heavy atom. The lowest BCUT2D eigenvalue weighted by molar-refractivity contribution is 0.975. The van der Waals surface area contributed by atoms with Crippen molar-refractivity contribution < 1.29 is 0 Å². The molecule has 0 saturated heterocycles. The Bertz CT molecular complexity index is 1270. The number of benzene rings is 4. The van der Waals surface area contributed by atoms with Crippen LogP contribution in [0.25, 0.3) is 10.8 Å². The summed E-state index contributed by atoms with van der Waals surface area (Å²) in [5, 5.41) is 2.56. The summed E-state index contributed by atoms with van der Waals surface area (Å²) < 4.78 is 0. The highest BCUT2D eigenvalue weighted by atomic mass is 15.4. The van der Waals surface area contributed by atoms with Crippen LogP contribution in [0.2, 0.25) is 0 Å². The molecule has 0 aromatic heterocycles. The number of hydrogen-bond acceptors (Lipinski definition) is 3. The first-order valence-corrected chi connectivity index (χ1v) is 10.1. The van der Waals surface area contributed by atoms with Crippen LogP contribution in [-0.2, 0) is 0 Å². The second-order valence-electron chi connectivity index (χ2n) is 8.24. The van der Waals surface area contributed by atoms with Crippen molar-refractivity contribution in [3.63, 3.8) is 0 Å². The van der Waals surface area contributed by atoms with E-state index in [1.165, 1.54) is 56.0 Å². The maximum atomic E-state index is 2.48. The summed E-state index contributed by atoms with van der Waals surface area (Å²) in [6.07, 6.45) is 0. The molecule has 0 bridgehead atoms. The first kappa shape index (κ1) is 16.5. The fraction of sp³-hybridized carbons (Fsp3) is 0.154. The Morgan fingerprint density at radius 1 is 0.621 bits per heavy atom. The fourth-order valence-corrected chi connectivity index (χ4v) is 4.93. The van der Waals surface area contributed by atoms with Crippen LogP contribution in [0.5, 0.6) is 0 Å². The van der Waals surface area contributed by atoms with Gasteiger partial charge >= 0.3 is 0 Å². The van der Waals surface area contributed by atoms with Gasteiger partial charge in [-0.05, 0) is 72.1 Å². The highest BCUT2D eigenvalue weighted by Gasteiger charge is 2.36. The van der Waals surface area contributed by atoms with E-state index in [1.807, 2.05) is 0 Å². The van der Waals surface area contributed by atoms with E-state index in [1.54, 1.807) is 0 Å². The number of para-hydroxylation sites is 1. The zero-order valence-corrected chi connectivity index (χ0v) is 17.0. The van der Waals surface area contributed by atoms with Gasteiger partial charge in [-0.15, -0.1) is 0 Å². The molecule has 0 atom stereocenters. The maximum Gasteiger partial charge on any atom is 0.100 e. The molecule has 142 valence electrons. The van der Waals surface area contributed by atoms with Crippen LogP contribution in [0.15, 0.2) is 72.8 Å². The van der Waals surface area contributed by atoms with E-state index in [-0.39, 0.29) is 0 Å². The van der Waals surface area contributed by atoms with Crippen molar-refractivity contribution in [2.24, 2.45) is 0 Å². The molecule has 2 aliphatic heterocycles. The summed E-state index contributed by atoms with van der Waals surface area (Å²) in [7, 11) is 2.18. The number of nitrogens with zero attached hydrogens (tertiary/aromatic N) is 3. The van der Waals surface area contributed by atoms with Crippen LogP contribution in [0, 0.1) is 13.8 Å². The molecule has 0 amide bonds. The molecule has 0 N–H and O–H groups in total. The zero-order chi connectivity index (χ0) is 19.7. The van der Waals surface area contributed by atoms with Crippen molar-refractivity contribution in [1.82, 2.24) is 0 Å². The van der Waals surface area contributed by atoms with E-state index in [9.17, 15) is 0 Å². The molecule has 0 spiro atoms. The van der Waals surface area contributed by atoms with Gasteiger partial charge in [0, 0.05) is 12.7 Å². The average molecular weight is 377 g/mol. The van der Waals surface area contributed by atoms with Gasteiger partial charge in [0.05, 0.1) is 28.4 Å². The predicted molar refractivity (Wildman–Crippen MR) is 124 cm³/mol. The summed E-state index contributed by atoms with van der Waals surface area (Å²) in [5.74, 6) is 0. The minimum Gasteiger partial charge on any atom is -0.341 e. The molecule has 0 saturated carbocycles. The molecule has 4 aromatic carbocycles. The van der Waals surface area contributed by atoms with Gasteiger partial charge in [0.25, 0.3) is 0 Å². The third kappa shape index (κ3) is 2.31. The predicted octanol–water partition coefficient (Wildman–Crippen LogP) is 6.79. The van der Waals surface area contributed by atoms with Gasteiger partial charge in [-0.1, -0.05) is 36.4 Å². The quantitative estimate of drug-likeness (QED) is 0.362. The molecule has 29 heavy (non-hydrogen) atoms. The van der Waals surface area contributed by atoms with Crippen molar-refractivity contribution in [2.75, 3.05) is 28.4 Å². The Labute approximate surface area is 171 Å². The number of anilines is 6. The van der Waals surface area contributed by atoms with Crippen LogP contribution in [0.3, 0.4) is 0 Å². The van der Waals surface area contributed by atoms with Crippen LogP contribution in [-0.4, -0.2) is 13.7 Å². The molecule has 0 fully saturated rings. The van der Waals surface area contributed by atoms with E-state index >= 15 is 0 Å². The van der Waals surface area contributed by atoms with E-state index in [0.29, 0.717) is 0 Å². The van der Waals surface area contributed by atoms with E-state index in [0.717, 1.165) is 6.67 Å². The van der Waals surface area contributed by atoms with Crippen LogP contribution in [0.4, 0.5) is 34.1 Å². The molecule has 0 unspecified atom stereocenters. The van der Waals surface area contributed by atoms with E-state index < -0.39 is 0 Å². The molecule has 3 nitrogen and oxygen atoms in total. The van der Waals surface area contributed by atoms with Crippen molar-refractivity contribution in [1.29, 1.82) is 0 Å². The molecular weight excluding hydrogens is 354 g/mol. The summed E-state index contributed by atoms with van der Waals surface area (Å²) >= 11 is 0. The Kier molecular flexibility index (Phi) is 3.28. The van der Waals surface area contributed by atoms with Crippen LogP contribution < -0.4 is 14.7 Å². The Hall–Kier alpha value is -3.46. The van der Waals surface area contributed by atoms with Crippen molar-refractivity contribution in [3.8, 4) is 0 Å². The van der Waals surface area contributed by atoms with Gasteiger partial charge < -0.3 is 14.7 Å². The monoisotopic (exact) mass is 377 g/mol. The SMILES string of the molecule is Cc1cc(C)cc(N2CN3c4cc5ccccc5cc4N(C)c4cccc2c43)c1. The highest BCUT2D eigenvalue weighted by molar-refractivity contribution is 6.06.